The molecule has 4 heterocycles. The number of hydrogen-bond acceptors (Lipinski definition) is 6. The number of fused-ring (bicyclic) bond motifs is 1. The topological polar surface area (TPSA) is 109 Å². The van der Waals surface area contributed by atoms with E-state index in [2.05, 4.69) is 39.3 Å². The zero-order valence-electron chi connectivity index (χ0n) is 14.8. The summed E-state index contributed by atoms with van der Waals surface area (Å²) in [5, 5.41) is 14.8. The highest BCUT2D eigenvalue weighted by atomic mass is 32.1. The third-order valence-corrected chi connectivity index (χ3v) is 5.95. The van der Waals surface area contributed by atoms with Crippen molar-refractivity contribution in [1.82, 2.24) is 30.5 Å². The molecule has 2 aliphatic heterocycles. The van der Waals surface area contributed by atoms with Crippen molar-refractivity contribution >= 4 is 29.2 Å². The average Bonchev–Trinajstić information content (AvgIpc) is 3.35. The third kappa shape index (κ3) is 3.44. The van der Waals surface area contributed by atoms with E-state index in [0.717, 1.165) is 12.8 Å². The van der Waals surface area contributed by atoms with E-state index in [0.29, 0.717) is 12.2 Å². The number of carbonyl (C=O) groups is 3. The Morgan fingerprint density at radius 3 is 3.00 bits per heavy atom. The first-order valence-electron chi connectivity index (χ1n) is 8.91. The van der Waals surface area contributed by atoms with Gasteiger partial charge in [0.05, 0.1) is 11.7 Å². The van der Waals surface area contributed by atoms with Crippen molar-refractivity contribution in [2.45, 2.75) is 44.8 Å². The smallest absolute Gasteiger partial charge is 0.322 e. The van der Waals surface area contributed by atoms with E-state index in [-0.39, 0.29) is 30.8 Å². The highest BCUT2D eigenvalue weighted by Gasteiger charge is 2.32. The fourth-order valence-electron chi connectivity index (χ4n) is 3.69. The van der Waals surface area contributed by atoms with Gasteiger partial charge in [0.25, 0.3) is 5.91 Å². The van der Waals surface area contributed by atoms with Gasteiger partial charge in [-0.1, -0.05) is 12.1 Å². The van der Waals surface area contributed by atoms with E-state index in [1.165, 1.54) is 15.1 Å². The molecule has 2 atom stereocenters. The molecule has 4 amide bonds. The Kier molecular flexibility index (Phi) is 4.65. The Bertz CT molecular complexity index is 891. The van der Waals surface area contributed by atoms with Crippen LogP contribution in [0.1, 0.15) is 35.5 Å². The number of carbonyl (C=O) groups excluding carboxylic acids is 3. The molecule has 0 saturated carbocycles. The van der Waals surface area contributed by atoms with Gasteiger partial charge in [-0.25, -0.2) is 9.48 Å². The predicted molar refractivity (Wildman–Crippen MR) is 97.0 cm³/mol. The molecule has 4 rings (SSSR count). The van der Waals surface area contributed by atoms with E-state index in [4.69, 9.17) is 0 Å². The van der Waals surface area contributed by atoms with Crippen LogP contribution in [-0.2, 0) is 29.0 Å². The van der Waals surface area contributed by atoms with Crippen LogP contribution in [0, 0.1) is 0 Å². The molecule has 0 bridgehead atoms. The molecule has 0 aromatic carbocycles. The van der Waals surface area contributed by atoms with Crippen LogP contribution in [-0.4, -0.2) is 50.3 Å². The van der Waals surface area contributed by atoms with Crippen LogP contribution in [0.15, 0.2) is 17.6 Å². The van der Waals surface area contributed by atoms with Gasteiger partial charge in [0.2, 0.25) is 5.91 Å². The first kappa shape index (κ1) is 17.7. The molecule has 1 fully saturated rings. The zero-order chi connectivity index (χ0) is 19.0. The molecular formula is C17H20N6O3S. The first-order chi connectivity index (χ1) is 13.0. The summed E-state index contributed by atoms with van der Waals surface area (Å²) < 4.78 is 1.49. The normalized spacial score (nSPS) is 21.7. The van der Waals surface area contributed by atoms with Gasteiger partial charge >= 0.3 is 6.03 Å². The summed E-state index contributed by atoms with van der Waals surface area (Å²) in [6, 6.07) is 1.06. The highest BCUT2D eigenvalue weighted by Crippen LogP contribution is 2.35. The molecule has 2 aromatic heterocycles. The monoisotopic (exact) mass is 388 g/mol. The largest absolute Gasteiger partial charge is 0.334 e. The Balaban J connectivity index is 1.41. The molecule has 27 heavy (non-hydrogen) atoms. The first-order valence-corrected chi connectivity index (χ1v) is 9.79. The van der Waals surface area contributed by atoms with Gasteiger partial charge in [-0.3, -0.25) is 14.9 Å². The van der Waals surface area contributed by atoms with Crippen molar-refractivity contribution in [2.24, 2.45) is 0 Å². The van der Waals surface area contributed by atoms with E-state index in [9.17, 15) is 14.4 Å². The molecule has 9 nitrogen and oxygen atoms in total. The maximum Gasteiger partial charge on any atom is 0.322 e. The minimum absolute atomic E-state index is 0.00191. The fraction of sp³-hybridized carbons (Fsp3) is 0.471. The van der Waals surface area contributed by atoms with Crippen LogP contribution in [0.5, 0.6) is 0 Å². The lowest BCUT2D eigenvalue weighted by molar-refractivity contribution is -0.135. The molecule has 0 radical (unpaired) electrons. The second-order valence-corrected chi connectivity index (χ2v) is 7.69. The third-order valence-electron chi connectivity index (χ3n) is 4.96. The van der Waals surface area contributed by atoms with E-state index >= 15 is 0 Å². The summed E-state index contributed by atoms with van der Waals surface area (Å²) in [6.07, 6.45) is 3.64. The Morgan fingerprint density at radius 2 is 2.26 bits per heavy atom. The molecule has 2 N–H and O–H groups in total. The zero-order valence-corrected chi connectivity index (χ0v) is 15.7. The van der Waals surface area contributed by atoms with Crippen molar-refractivity contribution in [3.63, 3.8) is 0 Å². The van der Waals surface area contributed by atoms with Crippen LogP contribution >= 0.6 is 11.3 Å². The Morgan fingerprint density at radius 1 is 1.41 bits per heavy atom. The van der Waals surface area contributed by atoms with Gasteiger partial charge in [-0.15, -0.1) is 16.4 Å². The van der Waals surface area contributed by atoms with E-state index < -0.39 is 12.1 Å². The van der Waals surface area contributed by atoms with Gasteiger partial charge in [0, 0.05) is 24.0 Å². The van der Waals surface area contributed by atoms with Gasteiger partial charge in [0.15, 0.2) is 0 Å². The van der Waals surface area contributed by atoms with Gasteiger partial charge in [-0.2, -0.15) is 0 Å². The van der Waals surface area contributed by atoms with Gasteiger partial charge in [-0.05, 0) is 29.9 Å². The van der Waals surface area contributed by atoms with Crippen LogP contribution < -0.4 is 10.6 Å². The molecule has 0 aliphatic carbocycles. The maximum absolute atomic E-state index is 12.8. The number of nitrogens with zero attached hydrogens (tertiary/aromatic N) is 4. The number of imide groups is 1. The summed E-state index contributed by atoms with van der Waals surface area (Å²) in [5.41, 5.74) is 1.81. The van der Waals surface area contributed by atoms with Crippen LogP contribution in [0.4, 0.5) is 4.79 Å². The second kappa shape index (κ2) is 7.10. The van der Waals surface area contributed by atoms with Crippen LogP contribution in [0.25, 0.3) is 0 Å². The molecule has 2 aromatic rings. The summed E-state index contributed by atoms with van der Waals surface area (Å²) in [6.45, 7) is 2.90. The summed E-state index contributed by atoms with van der Waals surface area (Å²) in [4.78, 5) is 38.9. The predicted octanol–water partition coefficient (Wildman–Crippen LogP) is 0.626. The standard InChI is InChI=1S/C17H20N6O3S/c1-2-13-11-4-6-27-14(11)3-5-23(13)15(24)9-22-8-10(20-21-22)7-12-16(25)19-17(26)18-12/h4,6,8,12-13H,2-3,5,7,9H2,1H3,(H2,18,19,25,26). The van der Waals surface area contributed by atoms with Crippen molar-refractivity contribution in [1.29, 1.82) is 0 Å². The molecule has 0 spiro atoms. The summed E-state index contributed by atoms with van der Waals surface area (Å²) in [5.74, 6) is -0.377. The Hall–Kier alpha value is -2.75. The van der Waals surface area contributed by atoms with Crippen LogP contribution in [0.3, 0.4) is 0 Å². The minimum Gasteiger partial charge on any atom is -0.334 e. The maximum atomic E-state index is 12.8. The van der Waals surface area contributed by atoms with E-state index in [1.54, 1.807) is 17.5 Å². The minimum atomic E-state index is -0.651. The van der Waals surface area contributed by atoms with Crippen molar-refractivity contribution in [3.8, 4) is 0 Å². The second-order valence-electron chi connectivity index (χ2n) is 6.69. The molecule has 1 saturated heterocycles. The van der Waals surface area contributed by atoms with Crippen molar-refractivity contribution in [3.05, 3.63) is 33.8 Å². The lowest BCUT2D eigenvalue weighted by atomic mass is 9.98. The van der Waals surface area contributed by atoms with Crippen molar-refractivity contribution < 1.29 is 14.4 Å². The summed E-state index contributed by atoms with van der Waals surface area (Å²) >= 11 is 1.75. The molecule has 2 aliphatic rings. The van der Waals surface area contributed by atoms with Crippen molar-refractivity contribution in [2.75, 3.05) is 6.54 Å². The molecule has 142 valence electrons. The van der Waals surface area contributed by atoms with Gasteiger partial charge in [0.1, 0.15) is 12.6 Å². The van der Waals surface area contributed by atoms with Crippen LogP contribution in [0.2, 0.25) is 0 Å². The fourth-order valence-corrected chi connectivity index (χ4v) is 4.61. The number of hydrogen-bond donors (Lipinski definition) is 2. The number of rotatable bonds is 5. The number of nitrogens with one attached hydrogen (secondary N) is 2. The average molecular weight is 388 g/mol. The molecule has 10 heteroatoms. The number of thiophene rings is 1. The number of amides is 4. The highest BCUT2D eigenvalue weighted by molar-refractivity contribution is 7.10. The number of urea groups is 1. The Labute approximate surface area is 159 Å². The lowest BCUT2D eigenvalue weighted by Crippen LogP contribution is -2.41. The lowest BCUT2D eigenvalue weighted by Gasteiger charge is -2.35. The number of aromatic nitrogens is 3. The molecule has 2 unspecified atom stereocenters. The quantitative estimate of drug-likeness (QED) is 0.730. The molecular weight excluding hydrogens is 368 g/mol. The SMILES string of the molecule is CCC1c2ccsc2CCN1C(=O)Cn1cc(CC2NC(=O)NC2=O)nn1. The van der Waals surface area contributed by atoms with Gasteiger partial charge < -0.3 is 10.2 Å². The summed E-state index contributed by atoms with van der Waals surface area (Å²) in [7, 11) is 0. The van der Waals surface area contributed by atoms with E-state index in [1.807, 2.05) is 4.90 Å².